The minimum Gasteiger partial charge on any atom is -0.314 e. The number of nitrogens with zero attached hydrogens (tertiary/aromatic N) is 1. The van der Waals surface area contributed by atoms with Crippen molar-refractivity contribution in [2.24, 2.45) is 5.92 Å². The van der Waals surface area contributed by atoms with E-state index in [-0.39, 0.29) is 0 Å². The highest BCUT2D eigenvalue weighted by atomic mass is 15.1. The summed E-state index contributed by atoms with van der Waals surface area (Å²) >= 11 is 0. The summed E-state index contributed by atoms with van der Waals surface area (Å²) in [5.41, 5.74) is 4.25. The smallest absolute Gasteiger partial charge is 0.0234 e. The first kappa shape index (κ1) is 16.5. The van der Waals surface area contributed by atoms with Crippen molar-refractivity contribution in [3.63, 3.8) is 0 Å². The minimum atomic E-state index is 0.645. The third-order valence-corrected chi connectivity index (χ3v) is 4.65. The minimum absolute atomic E-state index is 0.645. The summed E-state index contributed by atoms with van der Waals surface area (Å²) in [4.78, 5) is 2.65. The molecule has 118 valence electrons. The van der Waals surface area contributed by atoms with Crippen molar-refractivity contribution < 1.29 is 0 Å². The van der Waals surface area contributed by atoms with E-state index in [1.807, 2.05) is 0 Å². The van der Waals surface area contributed by atoms with Crippen LogP contribution in [0.25, 0.3) is 0 Å². The SMILES string of the molecule is CCCNC(C)C1CCCN(Cc2cc(C)cc(C)c2)C1. The Labute approximate surface area is 130 Å². The van der Waals surface area contributed by atoms with Gasteiger partial charge in [-0.05, 0) is 64.6 Å². The lowest BCUT2D eigenvalue weighted by Crippen LogP contribution is -2.44. The van der Waals surface area contributed by atoms with E-state index < -0.39 is 0 Å². The van der Waals surface area contributed by atoms with Crippen molar-refractivity contribution in [2.45, 2.75) is 59.5 Å². The standard InChI is InChI=1S/C19H32N2/c1-5-8-20-17(4)19-7-6-9-21(14-19)13-18-11-15(2)10-16(3)12-18/h10-12,17,19-20H,5-9,13-14H2,1-4H3. The molecule has 21 heavy (non-hydrogen) atoms. The molecule has 2 heteroatoms. The van der Waals surface area contributed by atoms with Gasteiger partial charge in [0.2, 0.25) is 0 Å². The van der Waals surface area contributed by atoms with Crippen molar-refractivity contribution >= 4 is 0 Å². The monoisotopic (exact) mass is 288 g/mol. The number of benzene rings is 1. The van der Waals surface area contributed by atoms with Crippen LogP contribution < -0.4 is 5.32 Å². The van der Waals surface area contributed by atoms with Crippen molar-refractivity contribution in [3.05, 3.63) is 34.9 Å². The molecule has 0 bridgehead atoms. The summed E-state index contributed by atoms with van der Waals surface area (Å²) in [6.07, 6.45) is 3.94. The first-order chi connectivity index (χ1) is 10.1. The zero-order valence-corrected chi connectivity index (χ0v) is 14.3. The fourth-order valence-electron chi connectivity index (χ4n) is 3.60. The molecule has 1 aromatic carbocycles. The topological polar surface area (TPSA) is 15.3 Å². The Morgan fingerprint density at radius 3 is 2.62 bits per heavy atom. The predicted molar refractivity (Wildman–Crippen MR) is 91.7 cm³/mol. The van der Waals surface area contributed by atoms with Crippen molar-refractivity contribution in [1.29, 1.82) is 0 Å². The summed E-state index contributed by atoms with van der Waals surface area (Å²) in [7, 11) is 0. The number of rotatable bonds is 6. The van der Waals surface area contributed by atoms with Crippen molar-refractivity contribution in [2.75, 3.05) is 19.6 Å². The van der Waals surface area contributed by atoms with Gasteiger partial charge in [0.1, 0.15) is 0 Å². The molecule has 1 aromatic rings. The maximum Gasteiger partial charge on any atom is 0.0234 e. The van der Waals surface area contributed by atoms with Crippen molar-refractivity contribution in [3.8, 4) is 0 Å². The average Bonchev–Trinajstić information content (AvgIpc) is 2.44. The highest BCUT2D eigenvalue weighted by Crippen LogP contribution is 2.22. The van der Waals surface area contributed by atoms with Crippen LogP contribution in [0.1, 0.15) is 49.8 Å². The number of piperidine rings is 1. The van der Waals surface area contributed by atoms with Crippen LogP contribution in [0.3, 0.4) is 0 Å². The molecule has 0 radical (unpaired) electrons. The van der Waals surface area contributed by atoms with Crippen LogP contribution in [0.4, 0.5) is 0 Å². The maximum absolute atomic E-state index is 3.68. The third-order valence-electron chi connectivity index (χ3n) is 4.65. The molecular weight excluding hydrogens is 256 g/mol. The van der Waals surface area contributed by atoms with E-state index >= 15 is 0 Å². The molecule has 0 aromatic heterocycles. The Hall–Kier alpha value is -0.860. The summed E-state index contributed by atoms with van der Waals surface area (Å²) in [5.74, 6) is 0.802. The van der Waals surface area contributed by atoms with E-state index in [1.165, 1.54) is 49.0 Å². The van der Waals surface area contributed by atoms with Crippen LogP contribution in [0, 0.1) is 19.8 Å². The van der Waals surface area contributed by atoms with Gasteiger partial charge in [-0.15, -0.1) is 0 Å². The maximum atomic E-state index is 3.68. The normalized spacial score (nSPS) is 21.4. The van der Waals surface area contributed by atoms with Crippen LogP contribution in [0.2, 0.25) is 0 Å². The van der Waals surface area contributed by atoms with E-state index in [4.69, 9.17) is 0 Å². The summed E-state index contributed by atoms with van der Waals surface area (Å²) in [6.45, 7) is 13.8. The lowest BCUT2D eigenvalue weighted by atomic mass is 9.91. The highest BCUT2D eigenvalue weighted by molar-refractivity contribution is 5.28. The van der Waals surface area contributed by atoms with Gasteiger partial charge in [0, 0.05) is 19.1 Å². The van der Waals surface area contributed by atoms with Crippen LogP contribution in [-0.2, 0) is 6.54 Å². The first-order valence-electron chi connectivity index (χ1n) is 8.61. The molecule has 2 rings (SSSR count). The molecule has 2 nitrogen and oxygen atoms in total. The molecule has 1 aliphatic heterocycles. The Kier molecular flexibility index (Phi) is 6.25. The van der Waals surface area contributed by atoms with E-state index in [9.17, 15) is 0 Å². The number of nitrogens with one attached hydrogen (secondary N) is 1. The number of likely N-dealkylation sites (tertiary alicyclic amines) is 1. The molecule has 0 amide bonds. The molecule has 2 atom stereocenters. The van der Waals surface area contributed by atoms with E-state index in [0.717, 1.165) is 19.0 Å². The zero-order chi connectivity index (χ0) is 15.2. The molecule has 0 spiro atoms. The summed E-state index contributed by atoms with van der Waals surface area (Å²) in [6, 6.07) is 7.59. The molecule has 1 aliphatic rings. The number of aryl methyl sites for hydroxylation is 2. The summed E-state index contributed by atoms with van der Waals surface area (Å²) in [5, 5.41) is 3.68. The molecule has 0 aliphatic carbocycles. The quantitative estimate of drug-likeness (QED) is 0.854. The zero-order valence-electron chi connectivity index (χ0n) is 14.3. The first-order valence-corrected chi connectivity index (χ1v) is 8.61. The van der Waals surface area contributed by atoms with Gasteiger partial charge in [-0.1, -0.05) is 36.2 Å². The summed E-state index contributed by atoms with van der Waals surface area (Å²) < 4.78 is 0. The Morgan fingerprint density at radius 2 is 1.95 bits per heavy atom. The molecule has 1 N–H and O–H groups in total. The Morgan fingerprint density at radius 1 is 1.24 bits per heavy atom. The fraction of sp³-hybridized carbons (Fsp3) is 0.684. The van der Waals surface area contributed by atoms with Gasteiger partial charge in [-0.2, -0.15) is 0 Å². The van der Waals surface area contributed by atoms with Gasteiger partial charge in [0.25, 0.3) is 0 Å². The predicted octanol–water partition coefficient (Wildman–Crippen LogP) is 3.90. The number of hydrogen-bond donors (Lipinski definition) is 1. The van der Waals surface area contributed by atoms with Gasteiger partial charge < -0.3 is 5.32 Å². The van der Waals surface area contributed by atoms with Crippen LogP contribution in [0.15, 0.2) is 18.2 Å². The van der Waals surface area contributed by atoms with E-state index in [2.05, 4.69) is 56.1 Å². The van der Waals surface area contributed by atoms with Crippen LogP contribution in [-0.4, -0.2) is 30.6 Å². The molecule has 1 fully saturated rings. The fourth-order valence-corrected chi connectivity index (χ4v) is 3.60. The lowest BCUT2D eigenvalue weighted by Gasteiger charge is -2.36. The van der Waals surface area contributed by atoms with E-state index in [0.29, 0.717) is 6.04 Å². The van der Waals surface area contributed by atoms with Gasteiger partial charge in [-0.25, -0.2) is 0 Å². The van der Waals surface area contributed by atoms with Crippen molar-refractivity contribution in [1.82, 2.24) is 10.2 Å². The van der Waals surface area contributed by atoms with Crippen LogP contribution in [0.5, 0.6) is 0 Å². The average molecular weight is 288 g/mol. The molecular formula is C19H32N2. The third kappa shape index (κ3) is 5.12. The largest absolute Gasteiger partial charge is 0.314 e. The van der Waals surface area contributed by atoms with Gasteiger partial charge in [0.05, 0.1) is 0 Å². The second-order valence-electron chi connectivity index (χ2n) is 6.88. The molecule has 2 unspecified atom stereocenters. The van der Waals surface area contributed by atoms with Gasteiger partial charge in [0.15, 0.2) is 0 Å². The lowest BCUT2D eigenvalue weighted by molar-refractivity contribution is 0.144. The second-order valence-corrected chi connectivity index (χ2v) is 6.88. The van der Waals surface area contributed by atoms with Gasteiger partial charge >= 0.3 is 0 Å². The molecule has 1 saturated heterocycles. The Bertz CT molecular complexity index is 421. The van der Waals surface area contributed by atoms with E-state index in [1.54, 1.807) is 0 Å². The van der Waals surface area contributed by atoms with Gasteiger partial charge in [-0.3, -0.25) is 4.90 Å². The highest BCUT2D eigenvalue weighted by Gasteiger charge is 2.24. The number of hydrogen-bond acceptors (Lipinski definition) is 2. The van der Waals surface area contributed by atoms with Crippen LogP contribution >= 0.6 is 0 Å². The second kappa shape index (κ2) is 7.95. The molecule has 0 saturated carbocycles. The Balaban J connectivity index is 1.91. The molecule has 1 heterocycles.